The zero-order valence-corrected chi connectivity index (χ0v) is 18.9. The fourth-order valence-corrected chi connectivity index (χ4v) is 4.45. The van der Waals surface area contributed by atoms with Gasteiger partial charge in [-0.05, 0) is 43.4 Å². The number of carbonyl (C=O) groups excluding carboxylic acids is 2. The van der Waals surface area contributed by atoms with Crippen molar-refractivity contribution in [2.45, 2.75) is 46.5 Å². The highest BCUT2D eigenvalue weighted by Gasteiger charge is 2.46. The number of rotatable bonds is 7. The molecule has 1 unspecified atom stereocenters. The lowest BCUT2D eigenvalue weighted by Crippen LogP contribution is -2.39. The lowest BCUT2D eigenvalue weighted by Gasteiger charge is -2.39. The molecule has 0 bridgehead atoms. The Hall–Kier alpha value is -2.67. The molecule has 7 nitrogen and oxygen atoms in total. The predicted molar refractivity (Wildman–Crippen MR) is 116 cm³/mol. The number of aromatic hydroxyl groups is 1. The van der Waals surface area contributed by atoms with Crippen LogP contribution in [0.25, 0.3) is 0 Å². The number of phenols is 1. The van der Waals surface area contributed by atoms with E-state index in [1.807, 2.05) is 20.8 Å². The zero-order valence-electron chi connectivity index (χ0n) is 18.9. The Balaban J connectivity index is 2.05. The van der Waals surface area contributed by atoms with Gasteiger partial charge >= 0.3 is 5.97 Å². The van der Waals surface area contributed by atoms with Crippen LogP contribution in [0.15, 0.2) is 34.5 Å². The molecule has 31 heavy (non-hydrogen) atoms. The van der Waals surface area contributed by atoms with Crippen molar-refractivity contribution in [1.82, 2.24) is 0 Å². The average Bonchev–Trinajstić information content (AvgIpc) is 2.69. The lowest BCUT2D eigenvalue weighted by atomic mass is 9.67. The number of hydrogen-bond donors (Lipinski definition) is 1. The molecule has 0 amide bonds. The molecule has 0 saturated carbocycles. The third kappa shape index (κ3) is 4.82. The van der Waals surface area contributed by atoms with Crippen molar-refractivity contribution in [3.63, 3.8) is 0 Å². The summed E-state index contributed by atoms with van der Waals surface area (Å²) in [6.45, 7) is 8.72. The fraction of sp³-hybridized carbons (Fsp3) is 0.542. The van der Waals surface area contributed by atoms with Crippen LogP contribution in [-0.2, 0) is 19.1 Å². The van der Waals surface area contributed by atoms with Crippen molar-refractivity contribution in [3.8, 4) is 11.5 Å². The van der Waals surface area contributed by atoms with E-state index in [4.69, 9.17) is 14.2 Å². The molecule has 1 aromatic rings. The van der Waals surface area contributed by atoms with Crippen LogP contribution in [0, 0.1) is 11.3 Å². The maximum Gasteiger partial charge on any atom is 0.315 e. The SMILES string of the molecule is CCOCCOC(=O)C1C(C)=NC2=C(C(=O)CC(C)(C)C2)[C@H]1c1ccc(OC)c(O)c1. The van der Waals surface area contributed by atoms with Gasteiger partial charge in [0, 0.05) is 35.9 Å². The zero-order chi connectivity index (χ0) is 22.8. The van der Waals surface area contributed by atoms with E-state index >= 15 is 0 Å². The van der Waals surface area contributed by atoms with Crippen LogP contribution < -0.4 is 4.74 Å². The number of carbonyl (C=O) groups is 2. The van der Waals surface area contributed by atoms with Gasteiger partial charge in [0.1, 0.15) is 12.5 Å². The Labute approximate surface area is 183 Å². The van der Waals surface area contributed by atoms with Crippen LogP contribution in [0.4, 0.5) is 0 Å². The first-order valence-corrected chi connectivity index (χ1v) is 10.6. The van der Waals surface area contributed by atoms with E-state index in [1.165, 1.54) is 7.11 Å². The third-order valence-corrected chi connectivity index (χ3v) is 5.79. The van der Waals surface area contributed by atoms with Crippen LogP contribution in [-0.4, -0.2) is 49.5 Å². The van der Waals surface area contributed by atoms with Gasteiger partial charge in [0.25, 0.3) is 0 Å². The summed E-state index contributed by atoms with van der Waals surface area (Å²) in [4.78, 5) is 31.0. The predicted octanol–water partition coefficient (Wildman–Crippen LogP) is 3.80. The summed E-state index contributed by atoms with van der Waals surface area (Å²) in [5.41, 5.74) is 2.32. The second kappa shape index (κ2) is 9.22. The summed E-state index contributed by atoms with van der Waals surface area (Å²) in [7, 11) is 1.47. The Morgan fingerprint density at radius 3 is 2.65 bits per heavy atom. The number of hydrogen-bond acceptors (Lipinski definition) is 7. The van der Waals surface area contributed by atoms with Crippen molar-refractivity contribution in [2.24, 2.45) is 16.3 Å². The Morgan fingerprint density at radius 1 is 1.26 bits per heavy atom. The highest BCUT2D eigenvalue weighted by atomic mass is 16.6. The number of phenolic OH excluding ortho intramolecular Hbond substituents is 1. The largest absolute Gasteiger partial charge is 0.504 e. The number of methoxy groups -OCH3 is 1. The summed E-state index contributed by atoms with van der Waals surface area (Å²) in [5, 5.41) is 10.4. The van der Waals surface area contributed by atoms with Gasteiger partial charge in [-0.2, -0.15) is 0 Å². The second-order valence-electron chi connectivity index (χ2n) is 8.81. The number of ether oxygens (including phenoxy) is 3. The Bertz CT molecular complexity index is 930. The van der Waals surface area contributed by atoms with Gasteiger partial charge in [-0.1, -0.05) is 19.9 Å². The first-order chi connectivity index (χ1) is 14.7. The molecule has 0 spiro atoms. The Morgan fingerprint density at radius 2 is 2.00 bits per heavy atom. The first kappa shape index (κ1) is 23.0. The van der Waals surface area contributed by atoms with E-state index in [9.17, 15) is 14.7 Å². The van der Waals surface area contributed by atoms with Crippen molar-refractivity contribution in [3.05, 3.63) is 35.0 Å². The standard InChI is InChI=1S/C24H31NO6/c1-6-30-9-10-31-23(28)20-14(2)25-16-12-24(3,4)13-18(27)22(16)21(20)15-7-8-19(29-5)17(26)11-15/h7-8,11,20-21,26H,6,9-10,12-13H2,1-5H3/t20?,21-/m0/s1. The summed E-state index contributed by atoms with van der Waals surface area (Å²) in [6.07, 6.45) is 1.03. The molecule has 1 N–H and O–H groups in total. The number of Topliss-reactive ketones (excluding diaryl/α,β-unsaturated/α-hetero) is 1. The highest BCUT2D eigenvalue weighted by molar-refractivity contribution is 6.09. The molecule has 0 fully saturated rings. The molecular formula is C24H31NO6. The quantitative estimate of drug-likeness (QED) is 0.523. The highest BCUT2D eigenvalue weighted by Crippen LogP contribution is 2.48. The molecule has 1 aliphatic carbocycles. The number of aliphatic imine (C=N–C) groups is 1. The average molecular weight is 430 g/mol. The molecule has 1 aromatic carbocycles. The van der Waals surface area contributed by atoms with Crippen molar-refractivity contribution in [2.75, 3.05) is 26.9 Å². The van der Waals surface area contributed by atoms with Crippen molar-refractivity contribution < 1.29 is 28.9 Å². The minimum absolute atomic E-state index is 0.0186. The third-order valence-electron chi connectivity index (χ3n) is 5.79. The van der Waals surface area contributed by atoms with E-state index < -0.39 is 17.8 Å². The van der Waals surface area contributed by atoms with E-state index in [2.05, 4.69) is 4.99 Å². The molecule has 1 aliphatic heterocycles. The topological polar surface area (TPSA) is 94.4 Å². The number of nitrogens with zero attached hydrogens (tertiary/aromatic N) is 1. The fourth-order valence-electron chi connectivity index (χ4n) is 4.45. The van der Waals surface area contributed by atoms with Gasteiger partial charge in [-0.15, -0.1) is 0 Å². The van der Waals surface area contributed by atoms with E-state index in [-0.39, 0.29) is 23.6 Å². The van der Waals surface area contributed by atoms with E-state index in [0.29, 0.717) is 48.7 Å². The summed E-state index contributed by atoms with van der Waals surface area (Å²) in [6, 6.07) is 4.97. The molecule has 2 aliphatic rings. The minimum atomic E-state index is -0.752. The van der Waals surface area contributed by atoms with Crippen LogP contribution in [0.3, 0.4) is 0 Å². The van der Waals surface area contributed by atoms with Crippen molar-refractivity contribution in [1.29, 1.82) is 0 Å². The van der Waals surface area contributed by atoms with Crippen LogP contribution in [0.2, 0.25) is 0 Å². The van der Waals surface area contributed by atoms with E-state index in [0.717, 1.165) is 5.70 Å². The minimum Gasteiger partial charge on any atom is -0.504 e. The van der Waals surface area contributed by atoms with Crippen LogP contribution >= 0.6 is 0 Å². The number of benzene rings is 1. The lowest BCUT2D eigenvalue weighted by molar-refractivity contribution is -0.148. The normalized spacial score (nSPS) is 22.6. The van der Waals surface area contributed by atoms with Crippen LogP contribution in [0.5, 0.6) is 11.5 Å². The van der Waals surface area contributed by atoms with Gasteiger partial charge in [0.05, 0.1) is 13.7 Å². The maximum absolute atomic E-state index is 13.2. The summed E-state index contributed by atoms with van der Waals surface area (Å²) >= 11 is 0. The molecule has 2 atom stereocenters. The molecule has 7 heteroatoms. The van der Waals surface area contributed by atoms with Crippen LogP contribution in [0.1, 0.15) is 52.0 Å². The molecule has 1 heterocycles. The first-order valence-electron chi connectivity index (χ1n) is 10.6. The molecule has 0 aromatic heterocycles. The Kier molecular flexibility index (Phi) is 6.84. The number of esters is 1. The molecular weight excluding hydrogens is 398 g/mol. The van der Waals surface area contributed by atoms with Gasteiger partial charge in [0.2, 0.25) is 0 Å². The summed E-state index contributed by atoms with van der Waals surface area (Å²) < 4.78 is 15.9. The van der Waals surface area contributed by atoms with Gasteiger partial charge in [-0.3, -0.25) is 14.6 Å². The smallest absolute Gasteiger partial charge is 0.315 e. The molecule has 0 radical (unpaired) electrons. The molecule has 3 rings (SSSR count). The van der Waals surface area contributed by atoms with Gasteiger partial charge < -0.3 is 19.3 Å². The van der Waals surface area contributed by atoms with Crippen molar-refractivity contribution >= 4 is 17.5 Å². The van der Waals surface area contributed by atoms with Gasteiger partial charge in [-0.25, -0.2) is 0 Å². The second-order valence-corrected chi connectivity index (χ2v) is 8.81. The van der Waals surface area contributed by atoms with Gasteiger partial charge in [0.15, 0.2) is 17.3 Å². The summed E-state index contributed by atoms with van der Waals surface area (Å²) in [5.74, 6) is -1.52. The maximum atomic E-state index is 13.2. The molecule has 168 valence electrons. The van der Waals surface area contributed by atoms with E-state index in [1.54, 1.807) is 25.1 Å². The number of ketones is 1. The molecule has 0 saturated heterocycles. The number of allylic oxidation sites excluding steroid dienone is 2. The monoisotopic (exact) mass is 429 g/mol.